The van der Waals surface area contributed by atoms with Crippen molar-refractivity contribution in [1.29, 1.82) is 0 Å². The number of nitrogens with zero attached hydrogens (tertiary/aromatic N) is 1. The van der Waals surface area contributed by atoms with E-state index in [1.165, 1.54) is 0 Å². The van der Waals surface area contributed by atoms with Crippen LogP contribution in [0, 0.1) is 10.1 Å². The standard InChI is InChI=1S/C6H8ClN3O4S2/c7-6-4(10(11)12)3-5(15-6)16(13,14)9-2-1-8/h3,9H,1-2,8H2. The van der Waals surface area contributed by atoms with Gasteiger partial charge in [0.15, 0.2) is 4.34 Å². The molecule has 0 aliphatic rings. The van der Waals surface area contributed by atoms with Gasteiger partial charge in [-0.2, -0.15) is 0 Å². The number of hydrogen-bond donors (Lipinski definition) is 2. The first kappa shape index (κ1) is 13.3. The Morgan fingerprint density at radius 2 is 2.25 bits per heavy atom. The summed E-state index contributed by atoms with van der Waals surface area (Å²) in [5, 5.41) is 10.5. The molecule has 16 heavy (non-hydrogen) atoms. The molecule has 7 nitrogen and oxygen atoms in total. The predicted molar refractivity (Wildman–Crippen MR) is 60.2 cm³/mol. The molecule has 1 rings (SSSR count). The molecule has 3 N–H and O–H groups in total. The van der Waals surface area contributed by atoms with Crippen LogP contribution < -0.4 is 10.5 Å². The highest BCUT2D eigenvalue weighted by atomic mass is 35.5. The van der Waals surface area contributed by atoms with Gasteiger partial charge >= 0.3 is 0 Å². The highest BCUT2D eigenvalue weighted by Crippen LogP contribution is 2.35. The van der Waals surface area contributed by atoms with Crippen molar-refractivity contribution in [2.24, 2.45) is 5.73 Å². The van der Waals surface area contributed by atoms with E-state index in [1.54, 1.807) is 0 Å². The van der Waals surface area contributed by atoms with Gasteiger partial charge in [-0.15, -0.1) is 11.3 Å². The zero-order valence-electron chi connectivity index (χ0n) is 7.84. The number of hydrogen-bond acceptors (Lipinski definition) is 6. The van der Waals surface area contributed by atoms with Gasteiger partial charge in [-0.05, 0) is 0 Å². The summed E-state index contributed by atoms with van der Waals surface area (Å²) in [5.41, 5.74) is 4.72. The third-order valence-corrected chi connectivity index (χ3v) is 4.82. The number of halogens is 1. The van der Waals surface area contributed by atoms with Gasteiger partial charge in [0.05, 0.1) is 4.92 Å². The smallest absolute Gasteiger partial charge is 0.300 e. The number of nitro groups is 1. The number of nitrogens with one attached hydrogen (secondary N) is 1. The van der Waals surface area contributed by atoms with Gasteiger partial charge in [-0.3, -0.25) is 10.1 Å². The van der Waals surface area contributed by atoms with Crippen LogP contribution in [0.4, 0.5) is 5.69 Å². The average molecular weight is 286 g/mol. The molecule has 0 atom stereocenters. The molecule has 0 spiro atoms. The first-order valence-electron chi connectivity index (χ1n) is 4.02. The lowest BCUT2D eigenvalue weighted by Gasteiger charge is -2.00. The summed E-state index contributed by atoms with van der Waals surface area (Å²) in [7, 11) is -3.76. The Morgan fingerprint density at radius 1 is 1.62 bits per heavy atom. The van der Waals surface area contributed by atoms with Crippen molar-refractivity contribution in [3.63, 3.8) is 0 Å². The first-order chi connectivity index (χ1) is 7.38. The molecule has 0 aromatic carbocycles. The highest BCUT2D eigenvalue weighted by Gasteiger charge is 2.24. The maximum atomic E-state index is 11.5. The van der Waals surface area contributed by atoms with Crippen molar-refractivity contribution < 1.29 is 13.3 Å². The fourth-order valence-electron chi connectivity index (χ4n) is 0.860. The lowest BCUT2D eigenvalue weighted by Crippen LogP contribution is -2.28. The Hall–Kier alpha value is -0.740. The molecule has 0 saturated carbocycles. The fourth-order valence-corrected chi connectivity index (χ4v) is 3.62. The lowest BCUT2D eigenvalue weighted by molar-refractivity contribution is -0.384. The van der Waals surface area contributed by atoms with E-state index in [2.05, 4.69) is 4.72 Å². The maximum absolute atomic E-state index is 11.5. The van der Waals surface area contributed by atoms with Crippen molar-refractivity contribution in [3.05, 3.63) is 20.5 Å². The minimum atomic E-state index is -3.76. The molecule has 90 valence electrons. The van der Waals surface area contributed by atoms with Crippen LogP contribution in [0.1, 0.15) is 0 Å². The molecule has 1 aromatic heterocycles. The Morgan fingerprint density at radius 3 is 2.69 bits per heavy atom. The van der Waals surface area contributed by atoms with Crippen LogP contribution in [-0.4, -0.2) is 26.4 Å². The SMILES string of the molecule is NCCNS(=O)(=O)c1cc([N+](=O)[O-])c(Cl)s1. The Balaban J connectivity index is 3.06. The van der Waals surface area contributed by atoms with Gasteiger partial charge in [-0.1, -0.05) is 11.6 Å². The molecule has 0 saturated heterocycles. The molecule has 0 bridgehead atoms. The molecule has 0 unspecified atom stereocenters. The van der Waals surface area contributed by atoms with E-state index in [-0.39, 0.29) is 21.6 Å². The van der Waals surface area contributed by atoms with Gasteiger partial charge in [0.2, 0.25) is 10.0 Å². The van der Waals surface area contributed by atoms with Gasteiger partial charge in [-0.25, -0.2) is 13.1 Å². The third kappa shape index (κ3) is 2.89. The van der Waals surface area contributed by atoms with E-state index in [1.807, 2.05) is 0 Å². The summed E-state index contributed by atoms with van der Waals surface area (Å²) in [4.78, 5) is 9.73. The zero-order valence-corrected chi connectivity index (χ0v) is 10.2. The zero-order chi connectivity index (χ0) is 12.3. The van der Waals surface area contributed by atoms with E-state index in [0.717, 1.165) is 6.07 Å². The van der Waals surface area contributed by atoms with E-state index in [9.17, 15) is 18.5 Å². The molecule has 0 aliphatic heterocycles. The summed E-state index contributed by atoms with van der Waals surface area (Å²) >= 11 is 6.17. The molecule has 0 fully saturated rings. The normalized spacial score (nSPS) is 11.6. The van der Waals surface area contributed by atoms with Crippen LogP contribution in [0.5, 0.6) is 0 Å². The number of thiophene rings is 1. The van der Waals surface area contributed by atoms with Gasteiger partial charge in [0, 0.05) is 19.2 Å². The van der Waals surface area contributed by atoms with Crippen LogP contribution >= 0.6 is 22.9 Å². The Labute approximate surface area is 100 Å². The van der Waals surface area contributed by atoms with Crippen molar-refractivity contribution in [2.45, 2.75) is 4.21 Å². The van der Waals surface area contributed by atoms with Gasteiger partial charge in [0.25, 0.3) is 5.69 Å². The van der Waals surface area contributed by atoms with Gasteiger partial charge in [0.1, 0.15) is 4.21 Å². The monoisotopic (exact) mass is 285 g/mol. The van der Waals surface area contributed by atoms with Crippen molar-refractivity contribution in [1.82, 2.24) is 4.72 Å². The topological polar surface area (TPSA) is 115 Å². The second-order valence-electron chi connectivity index (χ2n) is 2.67. The first-order valence-corrected chi connectivity index (χ1v) is 6.69. The largest absolute Gasteiger partial charge is 0.329 e. The number of nitrogens with two attached hydrogens (primary N) is 1. The summed E-state index contributed by atoms with van der Waals surface area (Å²) < 4.78 is 24.9. The molecule has 10 heteroatoms. The van der Waals surface area contributed by atoms with Crippen molar-refractivity contribution in [3.8, 4) is 0 Å². The molecule has 0 radical (unpaired) electrons. The summed E-state index contributed by atoms with van der Waals surface area (Å²) in [6.45, 7) is 0.200. The second-order valence-corrected chi connectivity index (χ2v) is 6.32. The predicted octanol–water partition coefficient (Wildman–Crippen LogP) is 0.547. The van der Waals surface area contributed by atoms with Crippen LogP contribution in [0.2, 0.25) is 4.34 Å². The van der Waals surface area contributed by atoms with E-state index in [4.69, 9.17) is 17.3 Å². The average Bonchev–Trinajstić information content (AvgIpc) is 2.58. The van der Waals surface area contributed by atoms with Crippen LogP contribution in [-0.2, 0) is 10.0 Å². The molecule has 1 heterocycles. The van der Waals surface area contributed by atoms with Crippen LogP contribution in [0.15, 0.2) is 10.3 Å². The third-order valence-electron chi connectivity index (χ3n) is 1.54. The van der Waals surface area contributed by atoms with Crippen LogP contribution in [0.3, 0.4) is 0 Å². The molecular formula is C6H8ClN3O4S2. The highest BCUT2D eigenvalue weighted by molar-refractivity contribution is 7.91. The fraction of sp³-hybridized carbons (Fsp3) is 0.333. The lowest BCUT2D eigenvalue weighted by atomic mass is 10.6. The summed E-state index contributed by atoms with van der Waals surface area (Å²) in [6, 6.07) is 0.922. The van der Waals surface area contributed by atoms with Crippen LogP contribution in [0.25, 0.3) is 0 Å². The number of sulfonamides is 1. The van der Waals surface area contributed by atoms with E-state index < -0.39 is 20.6 Å². The summed E-state index contributed by atoms with van der Waals surface area (Å²) in [6.07, 6.45) is 0. The number of rotatable bonds is 5. The molecular weight excluding hydrogens is 278 g/mol. The Bertz CT molecular complexity index is 498. The van der Waals surface area contributed by atoms with E-state index in [0.29, 0.717) is 11.3 Å². The van der Waals surface area contributed by atoms with E-state index >= 15 is 0 Å². The van der Waals surface area contributed by atoms with Crippen molar-refractivity contribution in [2.75, 3.05) is 13.1 Å². The maximum Gasteiger partial charge on any atom is 0.300 e. The summed E-state index contributed by atoms with van der Waals surface area (Å²) in [5.74, 6) is 0. The quantitative estimate of drug-likeness (QED) is 0.605. The Kier molecular flexibility index (Phi) is 4.21. The second kappa shape index (κ2) is 5.06. The molecule has 0 aliphatic carbocycles. The molecule has 1 aromatic rings. The molecule has 0 amide bonds. The van der Waals surface area contributed by atoms with Gasteiger partial charge < -0.3 is 5.73 Å². The minimum absolute atomic E-state index is 0.0612. The van der Waals surface area contributed by atoms with Crippen molar-refractivity contribution >= 4 is 38.6 Å². The minimum Gasteiger partial charge on any atom is -0.329 e.